The van der Waals surface area contributed by atoms with Crippen LogP contribution in [0.4, 0.5) is 5.00 Å². The molecule has 5 nitrogen and oxygen atoms in total. The minimum atomic E-state index is -0.675. The van der Waals surface area contributed by atoms with Crippen LogP contribution < -0.4 is 10.6 Å². The first kappa shape index (κ1) is 9.66. The number of nitrogens with one attached hydrogen (secondary N) is 2. The Labute approximate surface area is 79.3 Å². The molecule has 1 aromatic rings. The van der Waals surface area contributed by atoms with Gasteiger partial charge in [0.05, 0.1) is 5.69 Å². The van der Waals surface area contributed by atoms with Crippen molar-refractivity contribution in [1.29, 1.82) is 0 Å². The Morgan fingerprint density at radius 3 is 2.62 bits per heavy atom. The molecule has 70 valence electrons. The highest BCUT2D eigenvalue weighted by molar-refractivity contribution is 7.10. The molecule has 0 aliphatic rings. The summed E-state index contributed by atoms with van der Waals surface area (Å²) in [4.78, 5) is 21.8. The molecular formula is C7H9N3O2S. The van der Waals surface area contributed by atoms with Gasteiger partial charge in [-0.3, -0.25) is 9.59 Å². The lowest BCUT2D eigenvalue weighted by Gasteiger charge is -1.98. The standard InChI is InChI=1S/C7H9N3O2S/c1-4-3-5(13-10-4)9-7(12)6(11)8-2/h3H,1-2H3,(H,8,11)(H,9,12). The van der Waals surface area contributed by atoms with Crippen LogP contribution in [0.25, 0.3) is 0 Å². The van der Waals surface area contributed by atoms with Gasteiger partial charge in [0.15, 0.2) is 0 Å². The van der Waals surface area contributed by atoms with Gasteiger partial charge < -0.3 is 10.6 Å². The third-order valence-electron chi connectivity index (χ3n) is 1.30. The minimum absolute atomic E-state index is 0.575. The zero-order valence-corrected chi connectivity index (χ0v) is 8.07. The lowest BCUT2D eigenvalue weighted by molar-refractivity contribution is -0.135. The van der Waals surface area contributed by atoms with Gasteiger partial charge in [-0.05, 0) is 24.5 Å². The van der Waals surface area contributed by atoms with E-state index in [0.29, 0.717) is 5.00 Å². The highest BCUT2D eigenvalue weighted by Crippen LogP contribution is 2.14. The first-order valence-corrected chi connectivity index (χ1v) is 4.37. The number of carbonyl (C=O) groups is 2. The number of aryl methyl sites for hydroxylation is 1. The summed E-state index contributed by atoms with van der Waals surface area (Å²) in [6.45, 7) is 1.81. The first-order chi connectivity index (χ1) is 6.13. The average molecular weight is 199 g/mol. The lowest BCUT2D eigenvalue weighted by atomic mass is 10.4. The maximum Gasteiger partial charge on any atom is 0.314 e. The molecule has 1 rings (SSSR count). The van der Waals surface area contributed by atoms with E-state index < -0.39 is 11.8 Å². The third-order valence-corrected chi connectivity index (χ3v) is 2.09. The largest absolute Gasteiger partial charge is 0.351 e. The topological polar surface area (TPSA) is 71.1 Å². The third kappa shape index (κ3) is 2.51. The fraction of sp³-hybridized carbons (Fsp3) is 0.286. The molecule has 0 saturated heterocycles. The molecule has 2 N–H and O–H groups in total. The van der Waals surface area contributed by atoms with Crippen molar-refractivity contribution in [2.45, 2.75) is 6.92 Å². The van der Waals surface area contributed by atoms with E-state index in [2.05, 4.69) is 15.0 Å². The summed E-state index contributed by atoms with van der Waals surface area (Å²) in [5.41, 5.74) is 0.817. The molecule has 0 atom stereocenters. The minimum Gasteiger partial charge on any atom is -0.351 e. The maximum absolute atomic E-state index is 11.0. The van der Waals surface area contributed by atoms with Crippen LogP contribution >= 0.6 is 11.5 Å². The summed E-state index contributed by atoms with van der Waals surface area (Å²) in [7, 11) is 1.40. The summed E-state index contributed by atoms with van der Waals surface area (Å²) in [5, 5.41) is 5.22. The molecule has 0 fully saturated rings. The monoisotopic (exact) mass is 199 g/mol. The van der Waals surface area contributed by atoms with Crippen LogP contribution in [0, 0.1) is 6.92 Å². The quantitative estimate of drug-likeness (QED) is 0.632. The second kappa shape index (κ2) is 3.99. The van der Waals surface area contributed by atoms with Gasteiger partial charge in [0.25, 0.3) is 0 Å². The smallest absolute Gasteiger partial charge is 0.314 e. The number of hydrogen-bond acceptors (Lipinski definition) is 4. The van der Waals surface area contributed by atoms with Crippen LogP contribution in [0.1, 0.15) is 5.69 Å². The number of rotatable bonds is 1. The second-order valence-corrected chi connectivity index (χ2v) is 3.17. The van der Waals surface area contributed by atoms with Crippen molar-refractivity contribution in [1.82, 2.24) is 9.69 Å². The Morgan fingerprint density at radius 2 is 2.15 bits per heavy atom. The van der Waals surface area contributed by atoms with Gasteiger partial charge in [-0.2, -0.15) is 4.37 Å². The molecule has 2 amide bonds. The van der Waals surface area contributed by atoms with Gasteiger partial charge in [0, 0.05) is 7.05 Å². The molecule has 0 radical (unpaired) electrons. The van der Waals surface area contributed by atoms with Gasteiger partial charge >= 0.3 is 11.8 Å². The molecular weight excluding hydrogens is 190 g/mol. The highest BCUT2D eigenvalue weighted by Gasteiger charge is 2.12. The lowest BCUT2D eigenvalue weighted by Crippen LogP contribution is -2.32. The van der Waals surface area contributed by atoms with Gasteiger partial charge in [-0.1, -0.05) is 0 Å². The number of likely N-dealkylation sites (N-methyl/N-ethyl adjacent to an activating group) is 1. The molecule has 0 aromatic carbocycles. The van der Waals surface area contributed by atoms with E-state index in [0.717, 1.165) is 17.2 Å². The predicted octanol–water partition coefficient (Wildman–Crippen LogP) is 0.136. The molecule has 0 saturated carbocycles. The van der Waals surface area contributed by atoms with Crippen molar-refractivity contribution in [3.8, 4) is 0 Å². The van der Waals surface area contributed by atoms with E-state index in [1.165, 1.54) is 7.05 Å². The van der Waals surface area contributed by atoms with Crippen molar-refractivity contribution in [3.63, 3.8) is 0 Å². The van der Waals surface area contributed by atoms with Gasteiger partial charge in [0.1, 0.15) is 5.00 Å². The average Bonchev–Trinajstić information content (AvgIpc) is 2.49. The highest BCUT2D eigenvalue weighted by atomic mass is 32.1. The fourth-order valence-electron chi connectivity index (χ4n) is 0.705. The molecule has 0 spiro atoms. The number of carbonyl (C=O) groups excluding carboxylic acids is 2. The Morgan fingerprint density at radius 1 is 1.46 bits per heavy atom. The number of aromatic nitrogens is 1. The van der Waals surface area contributed by atoms with E-state index in [-0.39, 0.29) is 0 Å². The van der Waals surface area contributed by atoms with Gasteiger partial charge in [0.2, 0.25) is 0 Å². The van der Waals surface area contributed by atoms with Gasteiger partial charge in [-0.15, -0.1) is 0 Å². The number of amides is 2. The maximum atomic E-state index is 11.0. The zero-order valence-electron chi connectivity index (χ0n) is 7.25. The van der Waals surface area contributed by atoms with E-state index in [4.69, 9.17) is 0 Å². The molecule has 0 aliphatic carbocycles. The Hall–Kier alpha value is -1.43. The fourth-order valence-corrected chi connectivity index (χ4v) is 1.36. The van der Waals surface area contributed by atoms with E-state index in [1.54, 1.807) is 6.07 Å². The van der Waals surface area contributed by atoms with Crippen LogP contribution in [-0.2, 0) is 9.59 Å². The number of anilines is 1. The van der Waals surface area contributed by atoms with Crippen LogP contribution in [0.2, 0.25) is 0 Å². The van der Waals surface area contributed by atoms with Crippen molar-refractivity contribution in [2.75, 3.05) is 12.4 Å². The first-order valence-electron chi connectivity index (χ1n) is 3.60. The van der Waals surface area contributed by atoms with Crippen molar-refractivity contribution >= 4 is 28.3 Å². The van der Waals surface area contributed by atoms with Crippen LogP contribution in [0.5, 0.6) is 0 Å². The molecule has 13 heavy (non-hydrogen) atoms. The molecule has 0 aliphatic heterocycles. The summed E-state index contributed by atoms with van der Waals surface area (Å²) < 4.78 is 3.95. The van der Waals surface area contributed by atoms with Crippen LogP contribution in [-0.4, -0.2) is 23.2 Å². The molecule has 1 aromatic heterocycles. The van der Waals surface area contributed by atoms with Gasteiger partial charge in [-0.25, -0.2) is 0 Å². The van der Waals surface area contributed by atoms with E-state index in [9.17, 15) is 9.59 Å². The molecule has 1 heterocycles. The van der Waals surface area contributed by atoms with E-state index >= 15 is 0 Å². The van der Waals surface area contributed by atoms with Crippen molar-refractivity contribution < 1.29 is 9.59 Å². The Kier molecular flexibility index (Phi) is 2.97. The Balaban J connectivity index is 2.60. The molecule has 0 unspecified atom stereocenters. The van der Waals surface area contributed by atoms with Crippen molar-refractivity contribution in [2.24, 2.45) is 0 Å². The summed E-state index contributed by atoms with van der Waals surface area (Å²) >= 11 is 1.14. The van der Waals surface area contributed by atoms with Crippen LogP contribution in [0.15, 0.2) is 6.07 Å². The summed E-state index contributed by atoms with van der Waals surface area (Å²) in [6.07, 6.45) is 0. The molecule has 0 bridgehead atoms. The number of hydrogen-bond donors (Lipinski definition) is 2. The van der Waals surface area contributed by atoms with Crippen LogP contribution in [0.3, 0.4) is 0 Å². The zero-order chi connectivity index (χ0) is 9.84. The van der Waals surface area contributed by atoms with E-state index in [1.807, 2.05) is 6.92 Å². The predicted molar refractivity (Wildman–Crippen MR) is 49.5 cm³/mol. The summed E-state index contributed by atoms with van der Waals surface area (Å²) in [6, 6.07) is 1.70. The molecule has 6 heteroatoms. The van der Waals surface area contributed by atoms with Crippen molar-refractivity contribution in [3.05, 3.63) is 11.8 Å². The second-order valence-electron chi connectivity index (χ2n) is 2.37. The summed E-state index contributed by atoms with van der Waals surface area (Å²) in [5.74, 6) is -1.34. The Bertz CT molecular complexity index is 334. The normalized spacial score (nSPS) is 9.38. The SMILES string of the molecule is CNC(=O)C(=O)Nc1cc(C)ns1. The number of nitrogens with zero attached hydrogens (tertiary/aromatic N) is 1.